The molecule has 2 heterocycles. The fraction of sp³-hybridized carbons (Fsp3) is 0.286. The van der Waals surface area contributed by atoms with Crippen LogP contribution in [0.25, 0.3) is 0 Å². The Morgan fingerprint density at radius 2 is 1.89 bits per heavy atom. The van der Waals surface area contributed by atoms with E-state index in [4.69, 9.17) is 0 Å². The van der Waals surface area contributed by atoms with E-state index in [1.807, 2.05) is 5.01 Å². The van der Waals surface area contributed by atoms with E-state index in [0.717, 1.165) is 12.8 Å². The van der Waals surface area contributed by atoms with Gasteiger partial charge in [-0.15, -0.1) is 0 Å². The minimum absolute atomic E-state index is 0.0644. The predicted octanol–water partition coefficient (Wildman–Crippen LogP) is 0.559. The molecule has 0 radical (unpaired) electrons. The number of ketones is 2. The second kappa shape index (κ2) is 2.72. The average Bonchev–Trinajstić information content (AvgIpc) is 2.43. The maximum Gasteiger partial charge on any atom is 0.213 e. The molecule has 1 spiro atoms. The molecule has 5 rings (SSSR count). The normalized spacial score (nSPS) is 33.7. The van der Waals surface area contributed by atoms with Gasteiger partial charge in [0.2, 0.25) is 11.6 Å². The number of nitrogens with one attached hydrogen (secondary N) is 2. The number of nitrogens with zero attached hydrogens (tertiary/aromatic N) is 1. The lowest BCUT2D eigenvalue weighted by Gasteiger charge is -2.69. The van der Waals surface area contributed by atoms with Crippen LogP contribution in [0.3, 0.4) is 0 Å². The first-order chi connectivity index (χ1) is 9.21. The number of hydrogen-bond acceptors (Lipinski definition) is 5. The molecule has 19 heavy (non-hydrogen) atoms. The van der Waals surface area contributed by atoms with Crippen molar-refractivity contribution in [3.8, 4) is 0 Å². The van der Waals surface area contributed by atoms with Gasteiger partial charge in [0.15, 0.2) is 0 Å². The van der Waals surface area contributed by atoms with E-state index in [0.29, 0.717) is 28.6 Å². The largest absolute Gasteiger partial charge is 0.359 e. The Labute approximate surface area is 109 Å². The molecule has 0 amide bonds. The van der Waals surface area contributed by atoms with Gasteiger partial charge in [-0.25, -0.2) is 5.43 Å². The van der Waals surface area contributed by atoms with Crippen LogP contribution in [0.15, 0.2) is 35.7 Å². The van der Waals surface area contributed by atoms with E-state index in [2.05, 4.69) is 10.7 Å². The van der Waals surface area contributed by atoms with Crippen molar-refractivity contribution in [2.24, 2.45) is 0 Å². The summed E-state index contributed by atoms with van der Waals surface area (Å²) in [5, 5.41) is 5.16. The van der Waals surface area contributed by atoms with Crippen LogP contribution in [-0.4, -0.2) is 28.3 Å². The van der Waals surface area contributed by atoms with Gasteiger partial charge in [0.05, 0.1) is 6.04 Å². The van der Waals surface area contributed by atoms with Crippen molar-refractivity contribution in [1.29, 1.82) is 0 Å². The monoisotopic (exact) mass is 253 g/mol. The molecule has 2 aliphatic heterocycles. The fourth-order valence-electron chi connectivity index (χ4n) is 3.59. The van der Waals surface area contributed by atoms with E-state index in [-0.39, 0.29) is 17.2 Å². The smallest absolute Gasteiger partial charge is 0.213 e. The number of Topliss-reactive ketones (excluding diaryl/α,β-unsaturated/α-hetero) is 2. The van der Waals surface area contributed by atoms with Crippen LogP contribution in [0.2, 0.25) is 0 Å². The molecule has 1 saturated carbocycles. The highest BCUT2D eigenvalue weighted by atomic mass is 16.1. The molecule has 94 valence electrons. The SMILES string of the molecule is O=C1C2=C(C(=O)c3ccccc31)N1NC3(CCC13)N2. The lowest BCUT2D eigenvalue weighted by Crippen LogP contribution is -2.91. The van der Waals surface area contributed by atoms with E-state index in [1.54, 1.807) is 24.3 Å². The molecule has 2 fully saturated rings. The Hall–Kier alpha value is -2.14. The summed E-state index contributed by atoms with van der Waals surface area (Å²) in [4.78, 5) is 25.1. The minimum Gasteiger partial charge on any atom is -0.359 e. The number of benzene rings is 1. The van der Waals surface area contributed by atoms with Crippen molar-refractivity contribution in [1.82, 2.24) is 15.8 Å². The summed E-state index contributed by atoms with van der Waals surface area (Å²) in [6.45, 7) is 0. The third-order valence-corrected chi connectivity index (χ3v) is 4.70. The van der Waals surface area contributed by atoms with Crippen molar-refractivity contribution < 1.29 is 9.59 Å². The predicted molar refractivity (Wildman–Crippen MR) is 66.0 cm³/mol. The molecule has 2 N–H and O–H groups in total. The third-order valence-electron chi connectivity index (χ3n) is 4.70. The second-order valence-corrected chi connectivity index (χ2v) is 5.56. The Balaban J connectivity index is 1.74. The van der Waals surface area contributed by atoms with Crippen molar-refractivity contribution in [3.63, 3.8) is 0 Å². The summed E-state index contributed by atoms with van der Waals surface area (Å²) in [6.07, 6.45) is 2.05. The molecular formula is C14H11N3O2. The molecule has 2 aliphatic carbocycles. The first-order valence-electron chi connectivity index (χ1n) is 6.49. The van der Waals surface area contributed by atoms with Gasteiger partial charge in [-0.05, 0) is 12.8 Å². The van der Waals surface area contributed by atoms with Gasteiger partial charge in [0.1, 0.15) is 17.1 Å². The van der Waals surface area contributed by atoms with E-state index in [1.165, 1.54) is 0 Å². The number of hydrazine groups is 1. The quantitative estimate of drug-likeness (QED) is 0.707. The molecule has 4 aliphatic rings. The zero-order chi connectivity index (χ0) is 12.8. The van der Waals surface area contributed by atoms with Crippen LogP contribution in [0, 0.1) is 0 Å². The number of carbonyl (C=O) groups is 2. The van der Waals surface area contributed by atoms with E-state index < -0.39 is 0 Å². The Morgan fingerprint density at radius 1 is 1.16 bits per heavy atom. The highest BCUT2D eigenvalue weighted by molar-refractivity contribution is 6.26. The maximum absolute atomic E-state index is 12.6. The molecule has 1 aromatic carbocycles. The van der Waals surface area contributed by atoms with E-state index >= 15 is 0 Å². The van der Waals surface area contributed by atoms with Crippen LogP contribution in [0.4, 0.5) is 0 Å². The number of allylic oxidation sites excluding steroid dienone is 2. The number of carbonyl (C=O) groups excluding carboxylic acids is 2. The van der Waals surface area contributed by atoms with Gasteiger partial charge in [-0.3, -0.25) is 14.6 Å². The minimum atomic E-state index is -0.166. The zero-order valence-electron chi connectivity index (χ0n) is 10.1. The molecular weight excluding hydrogens is 242 g/mol. The number of hydrogen-bond donors (Lipinski definition) is 2. The molecule has 0 aromatic heterocycles. The molecule has 5 nitrogen and oxygen atoms in total. The lowest BCUT2D eigenvalue weighted by molar-refractivity contribution is -0.168. The Kier molecular flexibility index (Phi) is 1.40. The van der Waals surface area contributed by atoms with Gasteiger partial charge < -0.3 is 5.32 Å². The van der Waals surface area contributed by atoms with Crippen molar-refractivity contribution in [3.05, 3.63) is 46.8 Å². The van der Waals surface area contributed by atoms with Crippen molar-refractivity contribution in [2.45, 2.75) is 24.5 Å². The fourth-order valence-corrected chi connectivity index (χ4v) is 3.59. The van der Waals surface area contributed by atoms with Crippen molar-refractivity contribution in [2.75, 3.05) is 0 Å². The van der Waals surface area contributed by atoms with Gasteiger partial charge in [-0.2, -0.15) is 0 Å². The molecule has 1 saturated heterocycles. The molecule has 5 heteroatoms. The highest BCUT2D eigenvalue weighted by Gasteiger charge is 2.65. The first kappa shape index (κ1) is 9.75. The average molecular weight is 253 g/mol. The summed E-state index contributed by atoms with van der Waals surface area (Å²) >= 11 is 0. The summed E-state index contributed by atoms with van der Waals surface area (Å²) in [5.74, 6) is -0.133. The van der Waals surface area contributed by atoms with Gasteiger partial charge >= 0.3 is 0 Å². The third kappa shape index (κ3) is 0.879. The standard InChI is InChI=1S/C14H11N3O2/c18-12-7-3-1-2-4-8(7)13(19)11-10(12)15-14-6-5-9(14)17(11)16-14/h1-4,9,15-16H,5-6H2. The Morgan fingerprint density at radius 3 is 2.53 bits per heavy atom. The highest BCUT2D eigenvalue weighted by Crippen LogP contribution is 2.49. The summed E-state index contributed by atoms with van der Waals surface area (Å²) in [6, 6.07) is 7.35. The van der Waals surface area contributed by atoms with Gasteiger partial charge in [-0.1, -0.05) is 24.3 Å². The van der Waals surface area contributed by atoms with Crippen LogP contribution < -0.4 is 10.7 Å². The summed E-state index contributed by atoms with van der Waals surface area (Å²) in [5.41, 5.74) is 5.08. The topological polar surface area (TPSA) is 61.4 Å². The van der Waals surface area contributed by atoms with Gasteiger partial charge in [0, 0.05) is 11.1 Å². The van der Waals surface area contributed by atoms with Crippen LogP contribution in [0.1, 0.15) is 33.6 Å². The molecule has 1 aromatic rings. The maximum atomic E-state index is 12.6. The van der Waals surface area contributed by atoms with Crippen molar-refractivity contribution >= 4 is 11.6 Å². The zero-order valence-corrected chi connectivity index (χ0v) is 10.1. The Bertz CT molecular complexity index is 708. The first-order valence-corrected chi connectivity index (χ1v) is 6.49. The van der Waals surface area contributed by atoms with Crippen LogP contribution in [0.5, 0.6) is 0 Å². The molecule has 2 atom stereocenters. The van der Waals surface area contributed by atoms with E-state index in [9.17, 15) is 9.59 Å². The summed E-state index contributed by atoms with van der Waals surface area (Å²) in [7, 11) is 0. The number of rotatable bonds is 0. The molecule has 2 bridgehead atoms. The van der Waals surface area contributed by atoms with Gasteiger partial charge in [0.25, 0.3) is 0 Å². The second-order valence-electron chi connectivity index (χ2n) is 5.56. The lowest BCUT2D eigenvalue weighted by atomic mass is 9.71. The summed E-state index contributed by atoms with van der Waals surface area (Å²) < 4.78 is 0. The number of fused-ring (bicyclic) bond motifs is 4. The van der Waals surface area contributed by atoms with Crippen LogP contribution in [-0.2, 0) is 0 Å². The molecule has 2 unspecified atom stereocenters. The van der Waals surface area contributed by atoms with Crippen LogP contribution >= 0.6 is 0 Å².